The first kappa shape index (κ1) is 9.90. The van der Waals surface area contributed by atoms with Crippen molar-refractivity contribution in [2.75, 3.05) is 7.11 Å². The minimum absolute atomic E-state index is 0.817. The Kier molecular flexibility index (Phi) is 2.29. The maximum atomic E-state index is 5.35. The number of hydrogen-bond donors (Lipinski definition) is 1. The number of hydrogen-bond acceptors (Lipinski definition) is 2. The number of rotatable bonds is 2. The number of aromatic nitrogens is 2. The van der Waals surface area contributed by atoms with Crippen LogP contribution in [-0.4, -0.2) is 17.1 Å². The highest BCUT2D eigenvalue weighted by Crippen LogP contribution is 2.33. The molecule has 0 spiro atoms. The fourth-order valence-electron chi connectivity index (χ4n) is 1.96. The molecule has 0 aliphatic rings. The number of H-pyrrole nitrogens is 1. The van der Waals surface area contributed by atoms with Crippen LogP contribution in [0, 0.1) is 6.07 Å². The molecule has 0 bridgehead atoms. The zero-order chi connectivity index (χ0) is 11.7. The molecule has 1 N–H and O–H groups in total. The Labute approximate surface area is 99.1 Å². The molecule has 3 nitrogen and oxygen atoms in total. The fraction of sp³-hybridized carbons (Fsp3) is 0.0714. The molecule has 0 saturated heterocycles. The molecule has 3 aromatic rings. The SMILES string of the molecule is COc1ccc[c]c1-c1c[nH]c2ncccc12. The highest BCUT2D eigenvalue weighted by molar-refractivity contribution is 5.94. The van der Waals surface area contributed by atoms with Crippen LogP contribution in [0.1, 0.15) is 0 Å². The quantitative estimate of drug-likeness (QED) is 0.725. The molecular formula is C14H11N2O. The summed E-state index contributed by atoms with van der Waals surface area (Å²) in [5.41, 5.74) is 2.89. The zero-order valence-electron chi connectivity index (χ0n) is 9.40. The van der Waals surface area contributed by atoms with Crippen molar-refractivity contribution in [1.29, 1.82) is 0 Å². The molecule has 0 unspecified atom stereocenters. The molecule has 0 saturated carbocycles. The summed E-state index contributed by atoms with van der Waals surface area (Å²) in [6.45, 7) is 0. The van der Waals surface area contributed by atoms with Gasteiger partial charge in [0.2, 0.25) is 0 Å². The molecule has 2 aromatic heterocycles. The largest absolute Gasteiger partial charge is 0.496 e. The summed E-state index contributed by atoms with van der Waals surface area (Å²) in [5.74, 6) is 0.817. The Hall–Kier alpha value is -2.29. The van der Waals surface area contributed by atoms with Gasteiger partial charge in [0, 0.05) is 28.9 Å². The van der Waals surface area contributed by atoms with Crippen molar-refractivity contribution >= 4 is 11.0 Å². The van der Waals surface area contributed by atoms with E-state index in [0.717, 1.165) is 27.9 Å². The lowest BCUT2D eigenvalue weighted by Gasteiger charge is -2.06. The number of fused-ring (bicyclic) bond motifs is 1. The molecule has 3 rings (SSSR count). The third-order valence-corrected chi connectivity index (χ3v) is 2.76. The van der Waals surface area contributed by atoms with Gasteiger partial charge < -0.3 is 9.72 Å². The number of ether oxygens (including phenoxy) is 1. The van der Waals surface area contributed by atoms with Crippen molar-refractivity contribution in [3.8, 4) is 16.9 Å². The molecule has 17 heavy (non-hydrogen) atoms. The highest BCUT2D eigenvalue weighted by atomic mass is 16.5. The Morgan fingerprint density at radius 3 is 3.12 bits per heavy atom. The standard InChI is InChI=1S/C14H11N2O/c1-17-13-7-3-2-5-10(13)12-9-16-14-11(12)6-4-8-15-14/h2-4,6-9H,1H3,(H,15,16). The average molecular weight is 223 g/mol. The van der Waals surface area contributed by atoms with Gasteiger partial charge in [-0.05, 0) is 24.3 Å². The number of nitrogens with zero attached hydrogens (tertiary/aromatic N) is 1. The predicted molar refractivity (Wildman–Crippen MR) is 66.9 cm³/mol. The second kappa shape index (κ2) is 3.94. The van der Waals surface area contributed by atoms with Crippen molar-refractivity contribution in [2.24, 2.45) is 0 Å². The fourth-order valence-corrected chi connectivity index (χ4v) is 1.96. The smallest absolute Gasteiger partial charge is 0.137 e. The van der Waals surface area contributed by atoms with E-state index < -0.39 is 0 Å². The maximum absolute atomic E-state index is 5.35. The zero-order valence-corrected chi connectivity index (χ0v) is 9.40. The second-order valence-corrected chi connectivity index (χ2v) is 3.72. The van der Waals surface area contributed by atoms with Crippen molar-refractivity contribution < 1.29 is 4.74 Å². The van der Waals surface area contributed by atoms with Gasteiger partial charge in [-0.3, -0.25) is 0 Å². The van der Waals surface area contributed by atoms with Gasteiger partial charge in [0.1, 0.15) is 11.4 Å². The van der Waals surface area contributed by atoms with E-state index in [0.29, 0.717) is 0 Å². The molecule has 1 radical (unpaired) electrons. The second-order valence-electron chi connectivity index (χ2n) is 3.72. The summed E-state index contributed by atoms with van der Waals surface area (Å²) in [6, 6.07) is 12.9. The van der Waals surface area contributed by atoms with Gasteiger partial charge >= 0.3 is 0 Å². The first-order valence-corrected chi connectivity index (χ1v) is 5.37. The van der Waals surface area contributed by atoms with E-state index in [1.54, 1.807) is 13.3 Å². The van der Waals surface area contributed by atoms with Gasteiger partial charge in [0.25, 0.3) is 0 Å². The van der Waals surface area contributed by atoms with Crippen molar-refractivity contribution in [2.45, 2.75) is 0 Å². The summed E-state index contributed by atoms with van der Waals surface area (Å²) in [5, 5.41) is 1.08. The summed E-state index contributed by atoms with van der Waals surface area (Å²) in [4.78, 5) is 7.42. The number of nitrogens with one attached hydrogen (secondary N) is 1. The summed E-state index contributed by atoms with van der Waals surface area (Å²) in [6.07, 6.45) is 3.71. The Bertz CT molecular complexity index is 658. The van der Waals surface area contributed by atoms with Gasteiger partial charge in [-0.1, -0.05) is 12.1 Å². The maximum Gasteiger partial charge on any atom is 0.137 e. The van der Waals surface area contributed by atoms with Crippen molar-refractivity contribution in [3.63, 3.8) is 0 Å². The monoisotopic (exact) mass is 223 g/mol. The lowest BCUT2D eigenvalue weighted by atomic mass is 10.1. The molecule has 0 fully saturated rings. The first-order valence-electron chi connectivity index (χ1n) is 5.37. The Morgan fingerprint density at radius 1 is 1.29 bits per heavy atom. The van der Waals surface area contributed by atoms with Gasteiger partial charge in [-0.15, -0.1) is 0 Å². The molecular weight excluding hydrogens is 212 g/mol. The first-order chi connectivity index (χ1) is 8.40. The number of aromatic amines is 1. The minimum atomic E-state index is 0.817. The van der Waals surface area contributed by atoms with Crippen LogP contribution in [0.5, 0.6) is 5.75 Å². The van der Waals surface area contributed by atoms with Gasteiger partial charge in [-0.25, -0.2) is 4.98 Å². The van der Waals surface area contributed by atoms with Crippen molar-refractivity contribution in [1.82, 2.24) is 9.97 Å². The molecule has 2 heterocycles. The molecule has 0 aliphatic heterocycles. The lowest BCUT2D eigenvalue weighted by molar-refractivity contribution is 0.416. The average Bonchev–Trinajstić information content (AvgIpc) is 2.82. The van der Waals surface area contributed by atoms with Crippen LogP contribution in [0.2, 0.25) is 0 Å². The van der Waals surface area contributed by atoms with E-state index in [4.69, 9.17) is 4.74 Å². The Morgan fingerprint density at radius 2 is 2.24 bits per heavy atom. The summed E-state index contributed by atoms with van der Waals surface area (Å²) in [7, 11) is 1.67. The number of pyridine rings is 1. The van der Waals surface area contributed by atoms with E-state index in [2.05, 4.69) is 16.0 Å². The Balaban J connectivity index is 2.27. The molecule has 0 aliphatic carbocycles. The van der Waals surface area contributed by atoms with Crippen LogP contribution in [0.4, 0.5) is 0 Å². The topological polar surface area (TPSA) is 37.9 Å². The third-order valence-electron chi connectivity index (χ3n) is 2.76. The van der Waals surface area contributed by atoms with Crippen LogP contribution in [0.3, 0.4) is 0 Å². The molecule has 0 atom stereocenters. The van der Waals surface area contributed by atoms with E-state index in [1.807, 2.05) is 36.5 Å². The van der Waals surface area contributed by atoms with Crippen LogP contribution in [-0.2, 0) is 0 Å². The van der Waals surface area contributed by atoms with E-state index in [1.165, 1.54) is 0 Å². The lowest BCUT2D eigenvalue weighted by Crippen LogP contribution is -1.86. The molecule has 0 amide bonds. The van der Waals surface area contributed by atoms with E-state index in [-0.39, 0.29) is 0 Å². The van der Waals surface area contributed by atoms with Gasteiger partial charge in [0.15, 0.2) is 0 Å². The highest BCUT2D eigenvalue weighted by Gasteiger charge is 2.10. The van der Waals surface area contributed by atoms with Gasteiger partial charge in [-0.2, -0.15) is 0 Å². The van der Waals surface area contributed by atoms with Crippen LogP contribution in [0.15, 0.2) is 42.7 Å². The van der Waals surface area contributed by atoms with E-state index >= 15 is 0 Å². The molecule has 1 aromatic carbocycles. The van der Waals surface area contributed by atoms with Crippen LogP contribution in [0.25, 0.3) is 22.2 Å². The van der Waals surface area contributed by atoms with Crippen LogP contribution < -0.4 is 4.74 Å². The molecule has 83 valence electrons. The predicted octanol–water partition coefficient (Wildman–Crippen LogP) is 3.04. The number of benzene rings is 1. The van der Waals surface area contributed by atoms with Crippen LogP contribution >= 0.6 is 0 Å². The summed E-state index contributed by atoms with van der Waals surface area (Å²) < 4.78 is 5.35. The van der Waals surface area contributed by atoms with E-state index in [9.17, 15) is 0 Å². The normalized spacial score (nSPS) is 10.6. The van der Waals surface area contributed by atoms with Crippen molar-refractivity contribution in [3.05, 3.63) is 48.8 Å². The minimum Gasteiger partial charge on any atom is -0.496 e. The molecule has 3 heteroatoms. The third kappa shape index (κ3) is 1.56. The van der Waals surface area contributed by atoms with Gasteiger partial charge in [0.05, 0.1) is 7.11 Å². The summed E-state index contributed by atoms with van der Waals surface area (Å²) >= 11 is 0. The number of methoxy groups -OCH3 is 1.